The molecule has 4 amide bonds. The van der Waals surface area contributed by atoms with Crippen LogP contribution in [0.25, 0.3) is 0 Å². The van der Waals surface area contributed by atoms with Crippen molar-refractivity contribution >= 4 is 12.1 Å². The van der Waals surface area contributed by atoms with Crippen molar-refractivity contribution in [2.75, 3.05) is 52.4 Å². The van der Waals surface area contributed by atoms with Crippen molar-refractivity contribution in [2.45, 2.75) is 0 Å². The highest BCUT2D eigenvalue weighted by Gasteiger charge is 2.18. The first-order valence-electron chi connectivity index (χ1n) is 6.18. The van der Waals surface area contributed by atoms with E-state index in [0.29, 0.717) is 26.2 Å². The van der Waals surface area contributed by atoms with Gasteiger partial charge in [-0.1, -0.05) is 10.2 Å². The Balaban J connectivity index is 1.81. The molecule has 2 saturated heterocycles. The number of carbonyl (C=O) groups excluding carboxylic acids is 2. The van der Waals surface area contributed by atoms with Crippen LogP contribution in [0.5, 0.6) is 0 Å². The van der Waals surface area contributed by atoms with Crippen molar-refractivity contribution in [3.63, 3.8) is 0 Å². The standard InChI is InChI=1S/C10H18N6O2/c17-9(15-5-1-11-2-6-15)13-14-10(18)16-7-3-12-4-8-16/h11-12H,1-8H2/b14-13+. The molecule has 0 aromatic rings. The predicted molar refractivity (Wildman–Crippen MR) is 64.5 cm³/mol. The van der Waals surface area contributed by atoms with Gasteiger partial charge in [0.15, 0.2) is 0 Å². The minimum absolute atomic E-state index is 0.431. The van der Waals surface area contributed by atoms with Crippen molar-refractivity contribution in [1.29, 1.82) is 0 Å². The molecule has 0 saturated carbocycles. The Kier molecular flexibility index (Phi) is 4.59. The monoisotopic (exact) mass is 254 g/mol. The highest BCUT2D eigenvalue weighted by Crippen LogP contribution is 2.00. The average Bonchev–Trinajstić information content (AvgIpc) is 2.46. The van der Waals surface area contributed by atoms with Crippen molar-refractivity contribution in [2.24, 2.45) is 10.2 Å². The van der Waals surface area contributed by atoms with E-state index < -0.39 is 12.1 Å². The zero-order valence-electron chi connectivity index (χ0n) is 10.3. The topological polar surface area (TPSA) is 89.4 Å². The summed E-state index contributed by atoms with van der Waals surface area (Å²) in [5.41, 5.74) is 0. The average molecular weight is 254 g/mol. The van der Waals surface area contributed by atoms with Gasteiger partial charge in [0.05, 0.1) is 0 Å². The summed E-state index contributed by atoms with van der Waals surface area (Å²) >= 11 is 0. The van der Waals surface area contributed by atoms with Gasteiger partial charge in [-0.3, -0.25) is 0 Å². The van der Waals surface area contributed by atoms with Gasteiger partial charge < -0.3 is 20.4 Å². The lowest BCUT2D eigenvalue weighted by Crippen LogP contribution is -2.46. The highest BCUT2D eigenvalue weighted by atomic mass is 16.2. The quantitative estimate of drug-likeness (QED) is 0.570. The van der Waals surface area contributed by atoms with Gasteiger partial charge in [-0.15, -0.1) is 0 Å². The lowest BCUT2D eigenvalue weighted by atomic mass is 10.4. The summed E-state index contributed by atoms with van der Waals surface area (Å²) < 4.78 is 0. The Hall–Kier alpha value is -1.54. The minimum atomic E-state index is -0.431. The Labute approximate surface area is 105 Å². The van der Waals surface area contributed by atoms with Crippen LogP contribution in [-0.2, 0) is 0 Å². The fraction of sp³-hybridized carbons (Fsp3) is 0.800. The summed E-state index contributed by atoms with van der Waals surface area (Å²) in [4.78, 5) is 26.5. The molecule has 0 aromatic carbocycles. The second kappa shape index (κ2) is 6.41. The van der Waals surface area contributed by atoms with Gasteiger partial charge >= 0.3 is 12.1 Å². The van der Waals surface area contributed by atoms with Crippen LogP contribution < -0.4 is 10.6 Å². The van der Waals surface area contributed by atoms with Crippen molar-refractivity contribution in [3.8, 4) is 0 Å². The summed E-state index contributed by atoms with van der Waals surface area (Å²) in [6, 6.07) is -0.861. The van der Waals surface area contributed by atoms with Gasteiger partial charge in [0, 0.05) is 52.4 Å². The molecule has 2 aliphatic heterocycles. The molecule has 0 unspecified atom stereocenters. The number of amides is 4. The number of azo groups is 1. The Morgan fingerprint density at radius 3 is 1.39 bits per heavy atom. The number of carbonyl (C=O) groups is 2. The number of urea groups is 2. The molecule has 0 aromatic heterocycles. The van der Waals surface area contributed by atoms with Crippen molar-refractivity contribution in [1.82, 2.24) is 20.4 Å². The van der Waals surface area contributed by atoms with E-state index in [1.54, 1.807) is 9.80 Å². The lowest BCUT2D eigenvalue weighted by molar-refractivity contribution is 0.190. The van der Waals surface area contributed by atoms with Crippen LogP contribution in [0.1, 0.15) is 0 Å². The van der Waals surface area contributed by atoms with E-state index in [-0.39, 0.29) is 0 Å². The molecule has 0 bridgehead atoms. The molecular formula is C10H18N6O2. The van der Waals surface area contributed by atoms with Gasteiger partial charge in [-0.2, -0.15) is 0 Å². The SMILES string of the molecule is O=C(/N=N/C(=O)N1CCNCC1)N1CCNCC1. The number of hydrogen-bond donors (Lipinski definition) is 2. The molecule has 18 heavy (non-hydrogen) atoms. The van der Waals surface area contributed by atoms with E-state index >= 15 is 0 Å². The van der Waals surface area contributed by atoms with E-state index in [2.05, 4.69) is 20.9 Å². The van der Waals surface area contributed by atoms with Gasteiger partial charge in [0.2, 0.25) is 0 Å². The molecule has 0 aliphatic carbocycles. The largest absolute Gasteiger partial charge is 0.362 e. The van der Waals surface area contributed by atoms with E-state index in [1.807, 2.05) is 0 Å². The number of nitrogens with zero attached hydrogens (tertiary/aromatic N) is 4. The van der Waals surface area contributed by atoms with Gasteiger partial charge in [0.1, 0.15) is 0 Å². The molecule has 8 heteroatoms. The summed E-state index contributed by atoms with van der Waals surface area (Å²) in [7, 11) is 0. The number of piperazine rings is 2. The first kappa shape index (κ1) is 12.9. The van der Waals surface area contributed by atoms with E-state index in [4.69, 9.17) is 0 Å². The summed E-state index contributed by atoms with van der Waals surface area (Å²) in [5.74, 6) is 0. The van der Waals surface area contributed by atoms with Crippen LogP contribution >= 0.6 is 0 Å². The highest BCUT2D eigenvalue weighted by molar-refractivity contribution is 5.79. The number of hydrogen-bond acceptors (Lipinski definition) is 4. The third-order valence-corrected chi connectivity index (χ3v) is 3.00. The second-order valence-electron chi connectivity index (χ2n) is 4.24. The van der Waals surface area contributed by atoms with Gasteiger partial charge in [-0.25, -0.2) is 9.59 Å². The van der Waals surface area contributed by atoms with E-state index in [0.717, 1.165) is 26.2 Å². The van der Waals surface area contributed by atoms with E-state index in [9.17, 15) is 9.59 Å². The van der Waals surface area contributed by atoms with Crippen LogP contribution in [0.4, 0.5) is 9.59 Å². The van der Waals surface area contributed by atoms with Crippen molar-refractivity contribution < 1.29 is 9.59 Å². The van der Waals surface area contributed by atoms with Crippen LogP contribution in [0.15, 0.2) is 10.2 Å². The zero-order valence-corrected chi connectivity index (χ0v) is 10.3. The minimum Gasteiger partial charge on any atom is -0.319 e. The Morgan fingerprint density at radius 2 is 1.06 bits per heavy atom. The smallest absolute Gasteiger partial charge is 0.319 e. The molecule has 2 rings (SSSR count). The predicted octanol–water partition coefficient (Wildman–Crippen LogP) is -0.511. The maximum atomic E-state index is 11.6. The maximum Gasteiger partial charge on any atom is 0.362 e. The van der Waals surface area contributed by atoms with Gasteiger partial charge in [-0.05, 0) is 0 Å². The summed E-state index contributed by atoms with van der Waals surface area (Å²) in [6.45, 7) is 5.47. The first-order valence-corrected chi connectivity index (χ1v) is 6.18. The fourth-order valence-corrected chi connectivity index (χ4v) is 1.92. The number of nitrogens with one attached hydrogen (secondary N) is 2. The van der Waals surface area contributed by atoms with Crippen molar-refractivity contribution in [3.05, 3.63) is 0 Å². The second-order valence-corrected chi connectivity index (χ2v) is 4.24. The molecule has 2 aliphatic rings. The number of rotatable bonds is 0. The van der Waals surface area contributed by atoms with Crippen LogP contribution in [0.2, 0.25) is 0 Å². The molecule has 0 spiro atoms. The van der Waals surface area contributed by atoms with Crippen LogP contribution in [-0.4, -0.2) is 74.2 Å². The molecule has 2 heterocycles. The lowest BCUT2D eigenvalue weighted by Gasteiger charge is -2.26. The maximum absolute atomic E-state index is 11.6. The normalized spacial score (nSPS) is 21.3. The Morgan fingerprint density at radius 1 is 0.722 bits per heavy atom. The third-order valence-electron chi connectivity index (χ3n) is 3.00. The molecule has 2 N–H and O–H groups in total. The van der Waals surface area contributed by atoms with Crippen LogP contribution in [0.3, 0.4) is 0 Å². The first-order chi connectivity index (χ1) is 8.77. The molecule has 100 valence electrons. The summed E-state index contributed by atoms with van der Waals surface area (Å²) in [5, 5.41) is 13.3. The zero-order chi connectivity index (χ0) is 12.8. The third kappa shape index (κ3) is 3.47. The molecule has 0 atom stereocenters. The van der Waals surface area contributed by atoms with Crippen LogP contribution in [0, 0.1) is 0 Å². The van der Waals surface area contributed by atoms with Gasteiger partial charge in [0.25, 0.3) is 0 Å². The molecule has 8 nitrogen and oxygen atoms in total. The molecule has 0 radical (unpaired) electrons. The fourth-order valence-electron chi connectivity index (χ4n) is 1.92. The molecule has 2 fully saturated rings. The molecular weight excluding hydrogens is 236 g/mol. The summed E-state index contributed by atoms with van der Waals surface area (Å²) in [6.07, 6.45) is 0. The van der Waals surface area contributed by atoms with E-state index in [1.165, 1.54) is 0 Å². The Bertz CT molecular complexity index is 301.